The largest absolute Gasteiger partial charge is 0.497 e. The van der Waals surface area contributed by atoms with E-state index in [9.17, 15) is 8.42 Å². The summed E-state index contributed by atoms with van der Waals surface area (Å²) in [6, 6.07) is 20.6. The molecule has 1 aromatic heterocycles. The van der Waals surface area contributed by atoms with Crippen LogP contribution in [-0.2, 0) is 23.2 Å². The lowest BCUT2D eigenvalue weighted by Crippen LogP contribution is -2.32. The van der Waals surface area contributed by atoms with Crippen molar-refractivity contribution in [1.82, 2.24) is 9.29 Å². The molecule has 3 aromatic carbocycles. The van der Waals surface area contributed by atoms with Gasteiger partial charge in [-0.15, -0.1) is 11.3 Å². The number of thiazole rings is 1. The van der Waals surface area contributed by atoms with Gasteiger partial charge >= 0.3 is 0 Å². The normalized spacial score (nSPS) is 14.0. The number of hydrogen-bond donors (Lipinski definition) is 0. The fourth-order valence-electron chi connectivity index (χ4n) is 3.76. The molecule has 1 aliphatic carbocycles. The highest BCUT2D eigenvalue weighted by atomic mass is 32.2. The number of fused-ring (bicyclic) bond motifs is 1. The predicted molar refractivity (Wildman–Crippen MR) is 129 cm³/mol. The van der Waals surface area contributed by atoms with Gasteiger partial charge in [0.2, 0.25) is 10.0 Å². The fraction of sp³-hybridized carbons (Fsp3) is 0.240. The molecular weight excluding hydrogens is 456 g/mol. The van der Waals surface area contributed by atoms with Crippen molar-refractivity contribution in [3.05, 3.63) is 82.8 Å². The fourth-order valence-corrected chi connectivity index (χ4v) is 6.12. The number of rotatable bonds is 9. The van der Waals surface area contributed by atoms with Gasteiger partial charge in [0.05, 0.1) is 24.2 Å². The van der Waals surface area contributed by atoms with Gasteiger partial charge in [0.25, 0.3) is 0 Å². The number of methoxy groups -OCH3 is 1. The Balaban J connectivity index is 1.30. The van der Waals surface area contributed by atoms with Gasteiger partial charge in [0, 0.05) is 16.8 Å². The van der Waals surface area contributed by atoms with Crippen molar-refractivity contribution < 1.29 is 17.9 Å². The first-order valence-electron chi connectivity index (χ1n) is 10.7. The number of benzene rings is 3. The van der Waals surface area contributed by atoms with E-state index in [1.54, 1.807) is 35.7 Å². The minimum atomic E-state index is -3.62. The monoisotopic (exact) mass is 480 g/mol. The van der Waals surface area contributed by atoms with E-state index in [1.807, 2.05) is 35.7 Å². The maximum absolute atomic E-state index is 13.3. The minimum Gasteiger partial charge on any atom is -0.497 e. The van der Waals surface area contributed by atoms with Crippen molar-refractivity contribution in [3.8, 4) is 11.5 Å². The van der Waals surface area contributed by atoms with E-state index in [-0.39, 0.29) is 17.5 Å². The van der Waals surface area contributed by atoms with Crippen LogP contribution < -0.4 is 9.47 Å². The average Bonchev–Trinajstić information content (AvgIpc) is 3.59. The summed E-state index contributed by atoms with van der Waals surface area (Å²) in [4.78, 5) is 4.93. The second kappa shape index (κ2) is 9.13. The third-order valence-corrected chi connectivity index (χ3v) is 8.42. The van der Waals surface area contributed by atoms with Gasteiger partial charge in [-0.1, -0.05) is 36.4 Å². The summed E-state index contributed by atoms with van der Waals surface area (Å²) >= 11 is 1.49. The van der Waals surface area contributed by atoms with E-state index in [4.69, 9.17) is 9.47 Å². The lowest BCUT2D eigenvalue weighted by atomic mass is 10.1. The Morgan fingerprint density at radius 1 is 1.03 bits per heavy atom. The molecule has 0 amide bonds. The zero-order chi connectivity index (χ0) is 22.8. The zero-order valence-corrected chi connectivity index (χ0v) is 19.8. The Morgan fingerprint density at radius 2 is 1.79 bits per heavy atom. The number of aromatic nitrogens is 1. The van der Waals surface area contributed by atoms with Gasteiger partial charge in [-0.25, -0.2) is 13.4 Å². The molecule has 0 atom stereocenters. The van der Waals surface area contributed by atoms with Crippen LogP contribution in [0.2, 0.25) is 0 Å². The van der Waals surface area contributed by atoms with E-state index < -0.39 is 10.0 Å². The van der Waals surface area contributed by atoms with E-state index >= 15 is 0 Å². The SMILES string of the molecule is COc1ccc(S(=O)(=O)N(Cc2csc(COc3cccc4ccccc34)n2)C2CC2)cc1. The predicted octanol–water partition coefficient (Wildman–Crippen LogP) is 5.24. The maximum atomic E-state index is 13.3. The molecule has 1 heterocycles. The minimum absolute atomic E-state index is 0.0224. The molecule has 33 heavy (non-hydrogen) atoms. The summed E-state index contributed by atoms with van der Waals surface area (Å²) in [5.41, 5.74) is 0.737. The Hall–Kier alpha value is -2.94. The summed E-state index contributed by atoms with van der Waals surface area (Å²) in [6.07, 6.45) is 1.74. The summed E-state index contributed by atoms with van der Waals surface area (Å²) in [5, 5.41) is 4.91. The van der Waals surface area contributed by atoms with Crippen molar-refractivity contribution in [3.63, 3.8) is 0 Å². The molecule has 0 radical (unpaired) electrons. The molecular formula is C25H24N2O4S2. The standard InChI is InChI=1S/C25H24N2O4S2/c1-30-21-11-13-22(14-12-21)33(28,29)27(20-9-10-20)15-19-17-32-25(26-19)16-31-24-8-4-6-18-5-2-3-7-23(18)24/h2-8,11-14,17,20H,9-10,15-16H2,1H3. The van der Waals surface area contributed by atoms with Gasteiger partial charge in [-0.3, -0.25) is 0 Å². The molecule has 0 unspecified atom stereocenters. The highest BCUT2D eigenvalue weighted by Gasteiger charge is 2.38. The summed E-state index contributed by atoms with van der Waals surface area (Å²) < 4.78 is 39.4. The van der Waals surface area contributed by atoms with Crippen molar-refractivity contribution in [2.75, 3.05) is 7.11 Å². The first-order chi connectivity index (χ1) is 16.0. The molecule has 0 spiro atoms. The first kappa shape index (κ1) is 21.9. The van der Waals surface area contributed by atoms with Crippen LogP contribution in [0.15, 0.2) is 77.0 Å². The first-order valence-corrected chi connectivity index (χ1v) is 13.1. The van der Waals surface area contributed by atoms with E-state index in [0.29, 0.717) is 12.4 Å². The number of sulfonamides is 1. The molecule has 1 fully saturated rings. The van der Waals surface area contributed by atoms with Crippen LogP contribution >= 0.6 is 11.3 Å². The molecule has 0 N–H and O–H groups in total. The molecule has 4 aromatic rings. The quantitative estimate of drug-likeness (QED) is 0.328. The van der Waals surface area contributed by atoms with Crippen LogP contribution in [-0.4, -0.2) is 30.9 Å². The van der Waals surface area contributed by atoms with Crippen molar-refractivity contribution in [1.29, 1.82) is 0 Å². The Labute approximate surface area is 197 Å². The van der Waals surface area contributed by atoms with Crippen molar-refractivity contribution in [2.45, 2.75) is 36.9 Å². The highest BCUT2D eigenvalue weighted by molar-refractivity contribution is 7.89. The number of nitrogens with zero attached hydrogens (tertiary/aromatic N) is 2. The van der Waals surface area contributed by atoms with E-state index in [0.717, 1.165) is 40.1 Å². The highest BCUT2D eigenvalue weighted by Crippen LogP contribution is 2.34. The third-order valence-electron chi connectivity index (χ3n) is 5.64. The smallest absolute Gasteiger partial charge is 0.243 e. The Morgan fingerprint density at radius 3 is 2.55 bits per heavy atom. The summed E-state index contributed by atoms with van der Waals surface area (Å²) in [6.45, 7) is 0.594. The second-order valence-corrected chi connectivity index (χ2v) is 10.8. The second-order valence-electron chi connectivity index (χ2n) is 7.96. The molecule has 170 valence electrons. The summed E-state index contributed by atoms with van der Waals surface area (Å²) in [5.74, 6) is 1.44. The van der Waals surface area contributed by atoms with Crippen LogP contribution in [0.3, 0.4) is 0 Å². The molecule has 5 rings (SSSR count). The topological polar surface area (TPSA) is 68.7 Å². The van der Waals surface area contributed by atoms with Crippen molar-refractivity contribution >= 4 is 32.1 Å². The molecule has 1 saturated carbocycles. The van der Waals surface area contributed by atoms with Gasteiger partial charge < -0.3 is 9.47 Å². The van der Waals surface area contributed by atoms with Crippen LogP contribution in [0.1, 0.15) is 23.5 Å². The van der Waals surface area contributed by atoms with Gasteiger partial charge in [0.1, 0.15) is 23.1 Å². The van der Waals surface area contributed by atoms with Crippen LogP contribution in [0, 0.1) is 0 Å². The molecule has 1 aliphatic rings. The Bertz CT molecular complexity index is 1360. The van der Waals surface area contributed by atoms with E-state index in [1.165, 1.54) is 11.3 Å². The number of hydrogen-bond acceptors (Lipinski definition) is 6. The molecule has 6 nitrogen and oxygen atoms in total. The molecule has 0 saturated heterocycles. The lowest BCUT2D eigenvalue weighted by Gasteiger charge is -2.21. The maximum Gasteiger partial charge on any atom is 0.243 e. The average molecular weight is 481 g/mol. The van der Waals surface area contributed by atoms with E-state index in [2.05, 4.69) is 17.1 Å². The molecule has 0 bridgehead atoms. The van der Waals surface area contributed by atoms with Gasteiger partial charge in [0.15, 0.2) is 0 Å². The van der Waals surface area contributed by atoms with Gasteiger partial charge in [-0.05, 0) is 48.6 Å². The zero-order valence-electron chi connectivity index (χ0n) is 18.2. The molecule has 8 heteroatoms. The van der Waals surface area contributed by atoms with Crippen LogP contribution in [0.5, 0.6) is 11.5 Å². The van der Waals surface area contributed by atoms with Gasteiger partial charge in [-0.2, -0.15) is 4.31 Å². The lowest BCUT2D eigenvalue weighted by molar-refractivity contribution is 0.308. The molecule has 0 aliphatic heterocycles. The van der Waals surface area contributed by atoms with Crippen LogP contribution in [0.4, 0.5) is 0 Å². The third kappa shape index (κ3) is 4.73. The Kier molecular flexibility index (Phi) is 6.05. The number of ether oxygens (including phenoxy) is 2. The van der Waals surface area contributed by atoms with Crippen LogP contribution in [0.25, 0.3) is 10.8 Å². The summed E-state index contributed by atoms with van der Waals surface area (Å²) in [7, 11) is -2.06. The van der Waals surface area contributed by atoms with Crippen molar-refractivity contribution in [2.24, 2.45) is 0 Å².